The SMILES string of the molecule is COc1ccc(C(=O)/C=C/C(=O)N2CCN(c3ccc(Nc4ncc5c(C)c(C(C)=O)c(=O)n(C6CCCC6)c5n4)nc3)CC2)cc1OC. The number of aromatic nitrogens is 4. The molecular formula is C36H39N7O6. The van der Waals surface area contributed by atoms with Crippen LogP contribution in [0.15, 0.2) is 59.7 Å². The smallest absolute Gasteiger partial charge is 0.263 e. The molecule has 1 aliphatic carbocycles. The number of amides is 1. The molecule has 1 amide bonds. The summed E-state index contributed by atoms with van der Waals surface area (Å²) in [5.74, 6) is 1.01. The molecule has 1 saturated heterocycles. The Morgan fingerprint density at radius 2 is 1.65 bits per heavy atom. The first-order valence-electron chi connectivity index (χ1n) is 16.3. The van der Waals surface area contributed by atoms with Gasteiger partial charge in [-0.25, -0.2) is 9.97 Å². The van der Waals surface area contributed by atoms with Crippen LogP contribution in [0.25, 0.3) is 11.0 Å². The van der Waals surface area contributed by atoms with Crippen LogP contribution in [-0.2, 0) is 4.79 Å². The zero-order valence-electron chi connectivity index (χ0n) is 28.1. The number of carbonyl (C=O) groups is 3. The Labute approximate surface area is 283 Å². The number of Topliss-reactive ketones (excluding diaryl/α,β-unsaturated/α-hetero) is 1. The summed E-state index contributed by atoms with van der Waals surface area (Å²) >= 11 is 0. The fourth-order valence-corrected chi connectivity index (χ4v) is 6.59. The third-order valence-electron chi connectivity index (χ3n) is 9.24. The highest BCUT2D eigenvalue weighted by molar-refractivity contribution is 6.08. The van der Waals surface area contributed by atoms with Crippen molar-refractivity contribution in [3.8, 4) is 11.5 Å². The second-order valence-electron chi connectivity index (χ2n) is 12.2. The molecule has 0 atom stereocenters. The summed E-state index contributed by atoms with van der Waals surface area (Å²) in [4.78, 5) is 69.0. The van der Waals surface area contributed by atoms with Crippen LogP contribution in [0.1, 0.15) is 64.9 Å². The molecule has 3 aromatic heterocycles. The Kier molecular flexibility index (Phi) is 9.70. The second kappa shape index (κ2) is 14.3. The van der Waals surface area contributed by atoms with Gasteiger partial charge >= 0.3 is 0 Å². The Hall–Kier alpha value is -5.59. The highest BCUT2D eigenvalue weighted by Gasteiger charge is 2.26. The minimum Gasteiger partial charge on any atom is -0.493 e. The van der Waals surface area contributed by atoms with Crippen molar-refractivity contribution in [2.24, 2.45) is 0 Å². The summed E-state index contributed by atoms with van der Waals surface area (Å²) in [5.41, 5.74) is 2.31. The maximum Gasteiger partial charge on any atom is 0.263 e. The Morgan fingerprint density at radius 1 is 0.918 bits per heavy atom. The maximum absolute atomic E-state index is 13.5. The van der Waals surface area contributed by atoms with Crippen molar-refractivity contribution >= 4 is 46.0 Å². The van der Waals surface area contributed by atoms with Gasteiger partial charge in [-0.15, -0.1) is 0 Å². The van der Waals surface area contributed by atoms with E-state index < -0.39 is 0 Å². The zero-order valence-corrected chi connectivity index (χ0v) is 28.1. The number of hydrogen-bond acceptors (Lipinski definition) is 11. The van der Waals surface area contributed by atoms with Crippen LogP contribution in [0.5, 0.6) is 11.5 Å². The first kappa shape index (κ1) is 33.3. The number of nitrogens with one attached hydrogen (secondary N) is 1. The predicted molar refractivity (Wildman–Crippen MR) is 185 cm³/mol. The minimum atomic E-state index is -0.304. The van der Waals surface area contributed by atoms with Gasteiger partial charge in [-0.2, -0.15) is 4.98 Å². The molecule has 1 aromatic carbocycles. The first-order valence-corrected chi connectivity index (χ1v) is 16.3. The van der Waals surface area contributed by atoms with E-state index in [0.29, 0.717) is 71.6 Å². The molecule has 49 heavy (non-hydrogen) atoms. The van der Waals surface area contributed by atoms with E-state index in [1.54, 1.807) is 47.0 Å². The molecule has 1 aliphatic heterocycles. The second-order valence-corrected chi connectivity index (χ2v) is 12.2. The number of benzene rings is 1. The maximum atomic E-state index is 13.5. The van der Waals surface area contributed by atoms with Gasteiger partial charge in [0, 0.05) is 55.4 Å². The number of ketones is 2. The highest BCUT2D eigenvalue weighted by atomic mass is 16.5. The number of hydrogen-bond donors (Lipinski definition) is 1. The molecule has 6 rings (SSSR count). The molecule has 2 fully saturated rings. The lowest BCUT2D eigenvalue weighted by Crippen LogP contribution is -2.48. The van der Waals surface area contributed by atoms with Crippen LogP contribution in [0.2, 0.25) is 0 Å². The van der Waals surface area contributed by atoms with Crippen LogP contribution in [0, 0.1) is 6.92 Å². The number of allylic oxidation sites excluding steroid dienone is 1. The summed E-state index contributed by atoms with van der Waals surface area (Å²) in [6.07, 6.45) is 9.79. The molecule has 1 N–H and O–H groups in total. The van der Waals surface area contributed by atoms with E-state index in [0.717, 1.165) is 31.4 Å². The molecule has 0 bridgehead atoms. The number of methoxy groups -OCH3 is 2. The van der Waals surface area contributed by atoms with Gasteiger partial charge in [-0.3, -0.25) is 23.7 Å². The Balaban J connectivity index is 1.09. The molecule has 0 unspecified atom stereocenters. The summed E-state index contributed by atoms with van der Waals surface area (Å²) in [6, 6.07) is 8.62. The lowest BCUT2D eigenvalue weighted by molar-refractivity contribution is -0.126. The third kappa shape index (κ3) is 6.87. The Bertz CT molecular complexity index is 1990. The molecule has 4 heterocycles. The number of aryl methyl sites for hydroxylation is 1. The van der Waals surface area contributed by atoms with E-state index in [9.17, 15) is 19.2 Å². The van der Waals surface area contributed by atoms with Crippen LogP contribution in [-0.4, -0.2) is 82.3 Å². The van der Waals surface area contributed by atoms with E-state index in [1.807, 2.05) is 12.1 Å². The molecule has 2 aliphatic rings. The number of pyridine rings is 2. The van der Waals surface area contributed by atoms with Crippen LogP contribution >= 0.6 is 0 Å². The van der Waals surface area contributed by atoms with Gasteiger partial charge in [0.1, 0.15) is 11.5 Å². The standard InChI is InChI=1S/C36H39N7O6/c1-22-27-21-38-36(40-34(27)43(25-7-5-6-8-25)35(47)33(22)23(2)44)39-31-13-10-26(20-37-31)41-15-17-42(18-16-41)32(46)14-11-28(45)24-9-12-29(48-3)30(19-24)49-4/h9-14,19-21,25H,5-8,15-18H2,1-4H3,(H,37,38,39,40)/b14-11+. The fraction of sp³-hybridized carbons (Fsp3) is 0.361. The van der Waals surface area contributed by atoms with E-state index in [-0.39, 0.29) is 34.6 Å². The molecule has 254 valence electrons. The van der Waals surface area contributed by atoms with E-state index in [2.05, 4.69) is 20.2 Å². The number of fused-ring (bicyclic) bond motifs is 1. The third-order valence-corrected chi connectivity index (χ3v) is 9.24. The van der Waals surface area contributed by atoms with Gasteiger partial charge in [0.15, 0.2) is 23.1 Å². The highest BCUT2D eigenvalue weighted by Crippen LogP contribution is 2.32. The molecule has 13 nitrogen and oxygen atoms in total. The fourth-order valence-electron chi connectivity index (χ4n) is 6.59. The average Bonchev–Trinajstić information content (AvgIpc) is 3.65. The minimum absolute atomic E-state index is 0.00730. The van der Waals surface area contributed by atoms with Gasteiger partial charge in [0.2, 0.25) is 11.9 Å². The molecule has 13 heteroatoms. The quantitative estimate of drug-likeness (QED) is 0.186. The van der Waals surface area contributed by atoms with Crippen molar-refractivity contribution in [3.05, 3.63) is 81.9 Å². The summed E-state index contributed by atoms with van der Waals surface area (Å²) in [5, 5.41) is 3.84. The van der Waals surface area contributed by atoms with Gasteiger partial charge in [-0.05, 0) is 68.7 Å². The zero-order chi connectivity index (χ0) is 34.7. The lowest BCUT2D eigenvalue weighted by Gasteiger charge is -2.35. The van der Waals surface area contributed by atoms with Crippen molar-refractivity contribution in [1.29, 1.82) is 0 Å². The number of anilines is 3. The molecular weight excluding hydrogens is 626 g/mol. The van der Waals surface area contributed by atoms with Crippen molar-refractivity contribution in [2.45, 2.75) is 45.6 Å². The normalized spacial score (nSPS) is 15.2. The number of carbonyl (C=O) groups excluding carboxylic acids is 3. The topological polar surface area (TPSA) is 149 Å². The number of rotatable bonds is 10. The molecule has 1 saturated carbocycles. The van der Waals surface area contributed by atoms with Crippen molar-refractivity contribution in [1.82, 2.24) is 24.4 Å². The first-order chi connectivity index (χ1) is 23.7. The van der Waals surface area contributed by atoms with Gasteiger partial charge in [0.05, 0.1) is 31.7 Å². The van der Waals surface area contributed by atoms with Crippen molar-refractivity contribution in [3.63, 3.8) is 0 Å². The van der Waals surface area contributed by atoms with Crippen molar-refractivity contribution in [2.75, 3.05) is 50.6 Å². The van der Waals surface area contributed by atoms with Gasteiger partial charge in [-0.1, -0.05) is 12.8 Å². The summed E-state index contributed by atoms with van der Waals surface area (Å²) < 4.78 is 12.2. The summed E-state index contributed by atoms with van der Waals surface area (Å²) in [6.45, 7) is 5.38. The molecule has 4 aromatic rings. The van der Waals surface area contributed by atoms with Crippen LogP contribution < -0.4 is 25.2 Å². The predicted octanol–water partition coefficient (Wildman–Crippen LogP) is 4.66. The van der Waals surface area contributed by atoms with E-state index in [1.165, 1.54) is 33.3 Å². The monoisotopic (exact) mass is 665 g/mol. The lowest BCUT2D eigenvalue weighted by atomic mass is 10.0. The largest absolute Gasteiger partial charge is 0.493 e. The number of nitrogens with zero attached hydrogens (tertiary/aromatic N) is 6. The number of ether oxygens (including phenoxy) is 2. The molecule has 0 radical (unpaired) electrons. The summed E-state index contributed by atoms with van der Waals surface area (Å²) in [7, 11) is 3.02. The van der Waals surface area contributed by atoms with E-state index >= 15 is 0 Å². The van der Waals surface area contributed by atoms with Gasteiger partial charge < -0.3 is 24.6 Å². The van der Waals surface area contributed by atoms with Crippen LogP contribution in [0.4, 0.5) is 17.5 Å². The number of piperazine rings is 1. The van der Waals surface area contributed by atoms with Gasteiger partial charge in [0.25, 0.3) is 5.56 Å². The van der Waals surface area contributed by atoms with Crippen molar-refractivity contribution < 1.29 is 23.9 Å². The Morgan fingerprint density at radius 3 is 2.31 bits per heavy atom. The van der Waals surface area contributed by atoms with Crippen LogP contribution in [0.3, 0.4) is 0 Å². The van der Waals surface area contributed by atoms with E-state index in [4.69, 9.17) is 14.5 Å². The molecule has 0 spiro atoms. The average molecular weight is 666 g/mol.